The second kappa shape index (κ2) is 10.4. The van der Waals surface area contributed by atoms with Crippen molar-refractivity contribution in [3.8, 4) is 0 Å². The number of likely N-dealkylation sites (N-methyl/N-ethyl adjacent to an activating group) is 1. The first-order valence-corrected chi connectivity index (χ1v) is 13.6. The fourth-order valence-corrected chi connectivity index (χ4v) is 7.32. The van der Waals surface area contributed by atoms with Crippen molar-refractivity contribution in [2.45, 2.75) is 51.7 Å². The molecule has 4 aliphatic rings. The van der Waals surface area contributed by atoms with Gasteiger partial charge in [-0.2, -0.15) is 0 Å². The number of aryl methyl sites for hydroxylation is 1. The highest BCUT2D eigenvalue weighted by atomic mass is 16.5. The maximum absolute atomic E-state index is 14.4. The zero-order valence-corrected chi connectivity index (χ0v) is 22.4. The summed E-state index contributed by atoms with van der Waals surface area (Å²) in [5, 5.41) is 0. The Balaban J connectivity index is 1.35. The van der Waals surface area contributed by atoms with Crippen LogP contribution in [0.5, 0.6) is 0 Å². The molecule has 1 saturated carbocycles. The van der Waals surface area contributed by atoms with Gasteiger partial charge in [0.05, 0.1) is 24.7 Å². The number of methoxy groups -OCH3 is 1. The Kier molecular flexibility index (Phi) is 7.39. The van der Waals surface area contributed by atoms with Crippen LogP contribution in [-0.4, -0.2) is 98.2 Å². The van der Waals surface area contributed by atoms with Gasteiger partial charge in [0, 0.05) is 72.3 Å². The fraction of sp³-hybridized carbons (Fsp3) is 0.750. The van der Waals surface area contributed by atoms with E-state index < -0.39 is 5.41 Å². The lowest BCUT2D eigenvalue weighted by molar-refractivity contribution is -0.144. The van der Waals surface area contributed by atoms with Crippen molar-refractivity contribution >= 4 is 11.8 Å². The minimum absolute atomic E-state index is 0.104. The molecule has 0 spiro atoms. The van der Waals surface area contributed by atoms with Crippen molar-refractivity contribution in [2.24, 2.45) is 23.2 Å². The number of carbonyl (C=O) groups is 2. The maximum atomic E-state index is 14.4. The number of hydrogen-bond acceptors (Lipinski definition) is 6. The average molecular weight is 499 g/mol. The first-order chi connectivity index (χ1) is 17.3. The number of nitrogens with zero attached hydrogens (tertiary/aromatic N) is 4. The first-order valence-electron chi connectivity index (χ1n) is 13.6. The summed E-state index contributed by atoms with van der Waals surface area (Å²) < 4.78 is 11.4. The molecular weight excluding hydrogens is 456 g/mol. The zero-order chi connectivity index (χ0) is 25.4. The van der Waals surface area contributed by atoms with Crippen molar-refractivity contribution in [1.82, 2.24) is 19.7 Å². The molecule has 8 nitrogen and oxygen atoms in total. The van der Waals surface area contributed by atoms with Gasteiger partial charge in [0.2, 0.25) is 11.8 Å². The largest absolute Gasteiger partial charge is 0.379 e. The molecule has 2 unspecified atom stereocenters. The van der Waals surface area contributed by atoms with E-state index in [0.29, 0.717) is 44.0 Å². The molecule has 0 N–H and O–H groups in total. The number of fused-ring (bicyclic) bond motifs is 2. The van der Waals surface area contributed by atoms with Crippen LogP contribution in [-0.2, 0) is 32.0 Å². The summed E-state index contributed by atoms with van der Waals surface area (Å²) in [5.74, 6) is 1.68. The Morgan fingerprint density at radius 3 is 2.94 bits per heavy atom. The van der Waals surface area contributed by atoms with E-state index in [9.17, 15) is 9.59 Å². The summed E-state index contributed by atoms with van der Waals surface area (Å²) in [7, 11) is 5.39. The third-order valence-corrected chi connectivity index (χ3v) is 9.16. The number of carbonyl (C=O) groups excluding carboxylic acids is 2. The number of likely N-dealkylation sites (tertiary alicyclic amines) is 1. The van der Waals surface area contributed by atoms with Crippen LogP contribution >= 0.6 is 0 Å². The number of hydrogen-bond donors (Lipinski definition) is 0. The Bertz CT molecular complexity index is 984. The number of pyridine rings is 1. The molecule has 198 valence electrons. The number of amides is 2. The average Bonchev–Trinajstić information content (AvgIpc) is 3.37. The van der Waals surface area contributed by atoms with E-state index in [2.05, 4.69) is 27.8 Å². The van der Waals surface area contributed by atoms with Crippen LogP contribution in [0.4, 0.5) is 0 Å². The minimum atomic E-state index is -0.403. The van der Waals surface area contributed by atoms with Crippen LogP contribution in [0, 0.1) is 30.1 Å². The number of ether oxygens (including phenoxy) is 2. The van der Waals surface area contributed by atoms with Crippen LogP contribution in [0.1, 0.15) is 42.5 Å². The molecular formula is C28H42N4O4. The van der Waals surface area contributed by atoms with Gasteiger partial charge in [0.25, 0.3) is 0 Å². The predicted octanol–water partition coefficient (Wildman–Crippen LogP) is 2.13. The van der Waals surface area contributed by atoms with E-state index in [1.807, 2.05) is 6.20 Å². The van der Waals surface area contributed by atoms with E-state index in [1.165, 1.54) is 5.56 Å². The molecule has 3 fully saturated rings. The summed E-state index contributed by atoms with van der Waals surface area (Å²) in [6.07, 6.45) is 6.96. The van der Waals surface area contributed by atoms with Gasteiger partial charge in [-0.05, 0) is 61.5 Å². The first kappa shape index (κ1) is 25.6. The Morgan fingerprint density at radius 2 is 2.17 bits per heavy atom. The van der Waals surface area contributed by atoms with Gasteiger partial charge < -0.3 is 19.3 Å². The van der Waals surface area contributed by atoms with Gasteiger partial charge >= 0.3 is 0 Å². The molecule has 2 saturated heterocycles. The molecule has 8 heteroatoms. The van der Waals surface area contributed by atoms with Crippen molar-refractivity contribution in [2.75, 3.05) is 60.6 Å². The van der Waals surface area contributed by atoms with Crippen molar-refractivity contribution in [1.29, 1.82) is 0 Å². The highest BCUT2D eigenvalue weighted by Gasteiger charge is 2.58. The van der Waals surface area contributed by atoms with Crippen molar-refractivity contribution in [3.05, 3.63) is 29.1 Å². The van der Waals surface area contributed by atoms with Gasteiger partial charge in [0.1, 0.15) is 0 Å². The molecule has 1 aliphatic carbocycles. The van der Waals surface area contributed by atoms with Crippen molar-refractivity contribution in [3.63, 3.8) is 0 Å². The molecule has 4 heterocycles. The molecule has 2 amide bonds. The summed E-state index contributed by atoms with van der Waals surface area (Å²) in [6, 6.07) is 2.18. The Morgan fingerprint density at radius 1 is 1.33 bits per heavy atom. The topological polar surface area (TPSA) is 75.2 Å². The summed E-state index contributed by atoms with van der Waals surface area (Å²) in [5.41, 5.74) is 3.04. The minimum Gasteiger partial charge on any atom is -0.379 e. The quantitative estimate of drug-likeness (QED) is 0.598. The van der Waals surface area contributed by atoms with Gasteiger partial charge in [-0.3, -0.25) is 19.5 Å². The molecule has 3 aliphatic heterocycles. The third kappa shape index (κ3) is 4.92. The predicted molar refractivity (Wildman–Crippen MR) is 136 cm³/mol. The van der Waals surface area contributed by atoms with E-state index in [-0.39, 0.29) is 17.9 Å². The van der Waals surface area contributed by atoms with Crippen LogP contribution in [0.15, 0.2) is 12.3 Å². The lowest BCUT2D eigenvalue weighted by Crippen LogP contribution is -2.49. The van der Waals surface area contributed by atoms with E-state index in [4.69, 9.17) is 9.47 Å². The van der Waals surface area contributed by atoms with E-state index >= 15 is 0 Å². The Hall–Kier alpha value is -2.03. The lowest BCUT2D eigenvalue weighted by Gasteiger charge is -2.37. The molecule has 0 aromatic carbocycles. The molecule has 1 aromatic heterocycles. The highest BCUT2D eigenvalue weighted by Crippen LogP contribution is 2.54. The van der Waals surface area contributed by atoms with E-state index in [1.54, 1.807) is 26.1 Å². The SMILES string of the molecule is COC1COCCC1C[C@@H]1C[C@H]2CN(CC(=O)N(C)C)C[C@@]2(C(=O)N2CCc3ncc(C)cc3C2)C1. The van der Waals surface area contributed by atoms with Gasteiger partial charge in [-0.25, -0.2) is 0 Å². The van der Waals surface area contributed by atoms with Crippen LogP contribution in [0.2, 0.25) is 0 Å². The van der Waals surface area contributed by atoms with Crippen LogP contribution < -0.4 is 0 Å². The number of aromatic nitrogens is 1. The Labute approximate surface area is 215 Å². The van der Waals surface area contributed by atoms with Crippen LogP contribution in [0.3, 0.4) is 0 Å². The second-order valence-corrected chi connectivity index (χ2v) is 11.8. The normalized spacial score (nSPS) is 32.3. The highest BCUT2D eigenvalue weighted by molar-refractivity contribution is 5.85. The van der Waals surface area contributed by atoms with E-state index in [0.717, 1.165) is 63.1 Å². The number of rotatable bonds is 6. The fourth-order valence-electron chi connectivity index (χ4n) is 7.32. The van der Waals surface area contributed by atoms with Gasteiger partial charge in [0.15, 0.2) is 0 Å². The molecule has 1 aromatic rings. The molecule has 5 rings (SSSR count). The molecule has 36 heavy (non-hydrogen) atoms. The van der Waals surface area contributed by atoms with Gasteiger partial charge in [-0.15, -0.1) is 0 Å². The second-order valence-electron chi connectivity index (χ2n) is 11.8. The third-order valence-electron chi connectivity index (χ3n) is 9.16. The van der Waals surface area contributed by atoms with Gasteiger partial charge in [-0.1, -0.05) is 6.07 Å². The summed E-state index contributed by atoms with van der Waals surface area (Å²) in [6.45, 7) is 6.80. The molecule has 0 radical (unpaired) electrons. The monoisotopic (exact) mass is 498 g/mol. The summed E-state index contributed by atoms with van der Waals surface area (Å²) in [4.78, 5) is 37.5. The smallest absolute Gasteiger partial charge is 0.236 e. The lowest BCUT2D eigenvalue weighted by atomic mass is 9.78. The molecule has 5 atom stereocenters. The zero-order valence-electron chi connectivity index (χ0n) is 22.4. The van der Waals surface area contributed by atoms with Crippen molar-refractivity contribution < 1.29 is 19.1 Å². The maximum Gasteiger partial charge on any atom is 0.236 e. The van der Waals surface area contributed by atoms with Crippen LogP contribution in [0.25, 0.3) is 0 Å². The molecule has 0 bridgehead atoms. The summed E-state index contributed by atoms with van der Waals surface area (Å²) >= 11 is 0. The standard InChI is InChI=1S/C28H42N4O4/c1-19-9-22-14-32(7-5-24(22)29-13-19)27(34)28-12-20(10-21-6-8-36-17-25(21)35-4)11-23(28)15-31(18-28)16-26(33)30(2)3/h9,13,20-21,23,25H,5-8,10-12,14-18H2,1-4H3/t20-,21?,23+,25?,28+/m1/s1.